The van der Waals surface area contributed by atoms with Crippen LogP contribution in [-0.4, -0.2) is 22.1 Å². The molecule has 6 nitrogen and oxygen atoms in total. The van der Waals surface area contributed by atoms with E-state index in [9.17, 15) is 4.79 Å². The average molecular weight is 262 g/mol. The lowest BCUT2D eigenvalue weighted by Gasteiger charge is -2.06. The van der Waals surface area contributed by atoms with Gasteiger partial charge in [0.1, 0.15) is 0 Å². The second-order valence-corrected chi connectivity index (χ2v) is 4.91. The molecule has 0 saturated carbocycles. The lowest BCUT2D eigenvalue weighted by Crippen LogP contribution is -2.26. The SMILES string of the molecule is CC1=C(NC(=O)c2ccc(C(C)C)nn2)ONC1C. The molecule has 6 heteroatoms. The molecule has 0 aromatic carbocycles. The van der Waals surface area contributed by atoms with Crippen molar-refractivity contribution in [3.8, 4) is 0 Å². The van der Waals surface area contributed by atoms with E-state index < -0.39 is 0 Å². The van der Waals surface area contributed by atoms with Gasteiger partial charge in [-0.1, -0.05) is 13.8 Å². The van der Waals surface area contributed by atoms with Gasteiger partial charge in [-0.25, -0.2) is 0 Å². The van der Waals surface area contributed by atoms with E-state index in [0.717, 1.165) is 11.3 Å². The fraction of sp³-hybridized carbons (Fsp3) is 0.462. The zero-order valence-corrected chi connectivity index (χ0v) is 11.5. The summed E-state index contributed by atoms with van der Waals surface area (Å²) in [6, 6.07) is 3.56. The molecular weight excluding hydrogens is 244 g/mol. The molecule has 1 atom stereocenters. The van der Waals surface area contributed by atoms with E-state index in [2.05, 4.69) is 21.0 Å². The molecule has 2 N–H and O–H groups in total. The average Bonchev–Trinajstić information content (AvgIpc) is 2.71. The van der Waals surface area contributed by atoms with Gasteiger partial charge in [0.25, 0.3) is 5.91 Å². The molecule has 0 spiro atoms. The summed E-state index contributed by atoms with van der Waals surface area (Å²) in [5.74, 6) is 0.401. The van der Waals surface area contributed by atoms with Gasteiger partial charge >= 0.3 is 0 Å². The van der Waals surface area contributed by atoms with Crippen molar-refractivity contribution in [2.24, 2.45) is 0 Å². The summed E-state index contributed by atoms with van der Waals surface area (Å²) >= 11 is 0. The third-order valence-electron chi connectivity index (χ3n) is 3.08. The van der Waals surface area contributed by atoms with Crippen LogP contribution >= 0.6 is 0 Å². The lowest BCUT2D eigenvalue weighted by atomic mass is 10.1. The van der Waals surface area contributed by atoms with Crippen molar-refractivity contribution in [1.29, 1.82) is 0 Å². The van der Waals surface area contributed by atoms with Gasteiger partial charge < -0.3 is 4.84 Å². The second kappa shape index (κ2) is 5.36. The van der Waals surface area contributed by atoms with Crippen LogP contribution in [0.15, 0.2) is 23.6 Å². The number of hydrogen-bond acceptors (Lipinski definition) is 5. The highest BCUT2D eigenvalue weighted by Crippen LogP contribution is 2.15. The maximum Gasteiger partial charge on any atom is 0.278 e. The van der Waals surface area contributed by atoms with Crippen LogP contribution in [0.25, 0.3) is 0 Å². The smallest absolute Gasteiger partial charge is 0.278 e. The lowest BCUT2D eigenvalue weighted by molar-refractivity contribution is 0.0817. The molecule has 2 rings (SSSR count). The Morgan fingerprint density at radius 2 is 2.16 bits per heavy atom. The molecule has 19 heavy (non-hydrogen) atoms. The van der Waals surface area contributed by atoms with E-state index in [1.165, 1.54) is 0 Å². The van der Waals surface area contributed by atoms with Crippen LogP contribution in [0.3, 0.4) is 0 Å². The third kappa shape index (κ3) is 2.90. The Bertz CT molecular complexity index is 508. The van der Waals surface area contributed by atoms with Crippen molar-refractivity contribution in [3.05, 3.63) is 35.0 Å². The molecule has 0 saturated heterocycles. The number of amides is 1. The minimum absolute atomic E-state index is 0.0877. The number of carbonyl (C=O) groups excluding carboxylic acids is 1. The van der Waals surface area contributed by atoms with Crippen molar-refractivity contribution in [2.45, 2.75) is 39.7 Å². The number of hydroxylamine groups is 1. The highest BCUT2D eigenvalue weighted by molar-refractivity contribution is 5.93. The summed E-state index contributed by atoms with van der Waals surface area (Å²) in [5.41, 5.74) is 4.85. The van der Waals surface area contributed by atoms with E-state index in [4.69, 9.17) is 4.84 Å². The van der Waals surface area contributed by atoms with Crippen molar-refractivity contribution in [2.75, 3.05) is 0 Å². The van der Waals surface area contributed by atoms with Crippen LogP contribution in [0.2, 0.25) is 0 Å². The fourth-order valence-electron chi connectivity index (χ4n) is 1.58. The van der Waals surface area contributed by atoms with Gasteiger partial charge in [0, 0.05) is 5.57 Å². The highest BCUT2D eigenvalue weighted by Gasteiger charge is 2.22. The quantitative estimate of drug-likeness (QED) is 0.863. The predicted molar refractivity (Wildman–Crippen MR) is 70.0 cm³/mol. The third-order valence-corrected chi connectivity index (χ3v) is 3.08. The number of nitrogens with zero attached hydrogens (tertiary/aromatic N) is 2. The molecule has 1 aliphatic heterocycles. The van der Waals surface area contributed by atoms with Crippen molar-refractivity contribution in [1.82, 2.24) is 21.0 Å². The number of nitrogens with one attached hydrogen (secondary N) is 2. The Hall–Kier alpha value is -1.95. The zero-order valence-electron chi connectivity index (χ0n) is 11.5. The van der Waals surface area contributed by atoms with E-state index in [1.54, 1.807) is 6.07 Å². The number of aromatic nitrogens is 2. The molecule has 1 aromatic rings. The van der Waals surface area contributed by atoms with Crippen LogP contribution < -0.4 is 10.8 Å². The van der Waals surface area contributed by atoms with Gasteiger partial charge in [-0.15, -0.1) is 10.6 Å². The number of carbonyl (C=O) groups is 1. The Kier molecular flexibility index (Phi) is 3.80. The molecule has 0 aliphatic carbocycles. The summed E-state index contributed by atoms with van der Waals surface area (Å²) in [6.45, 7) is 7.90. The Morgan fingerprint density at radius 1 is 1.42 bits per heavy atom. The molecule has 1 unspecified atom stereocenters. The first-order valence-electron chi connectivity index (χ1n) is 6.27. The molecular formula is C13H18N4O2. The standard InChI is InChI=1S/C13H18N4O2/c1-7(2)10-5-6-11(16-15-10)12(18)14-13-8(3)9(4)17-19-13/h5-7,9,17H,1-4H3,(H,14,18). The van der Waals surface area contributed by atoms with Gasteiger partial charge in [-0.3, -0.25) is 10.1 Å². The first kappa shape index (κ1) is 13.5. The van der Waals surface area contributed by atoms with Crippen LogP contribution in [0, 0.1) is 0 Å². The number of hydrogen-bond donors (Lipinski definition) is 2. The van der Waals surface area contributed by atoms with E-state index in [1.807, 2.05) is 33.8 Å². The van der Waals surface area contributed by atoms with Crippen LogP contribution in [0.1, 0.15) is 49.8 Å². The zero-order chi connectivity index (χ0) is 14.0. The van der Waals surface area contributed by atoms with Crippen LogP contribution in [-0.2, 0) is 4.84 Å². The summed E-state index contributed by atoms with van der Waals surface area (Å²) in [7, 11) is 0. The molecule has 1 aliphatic rings. The molecule has 2 heterocycles. The Balaban J connectivity index is 2.08. The molecule has 0 bridgehead atoms. The summed E-state index contributed by atoms with van der Waals surface area (Å²) in [5, 5.41) is 10.6. The van der Waals surface area contributed by atoms with E-state index in [0.29, 0.717) is 5.88 Å². The fourth-order valence-corrected chi connectivity index (χ4v) is 1.58. The van der Waals surface area contributed by atoms with E-state index >= 15 is 0 Å². The van der Waals surface area contributed by atoms with Crippen LogP contribution in [0.4, 0.5) is 0 Å². The van der Waals surface area contributed by atoms with Gasteiger partial charge in [0.05, 0.1) is 11.7 Å². The molecule has 1 amide bonds. The van der Waals surface area contributed by atoms with Crippen molar-refractivity contribution < 1.29 is 9.63 Å². The molecule has 0 radical (unpaired) electrons. The largest absolute Gasteiger partial charge is 0.390 e. The van der Waals surface area contributed by atoms with Crippen molar-refractivity contribution >= 4 is 5.91 Å². The molecule has 1 aromatic heterocycles. The van der Waals surface area contributed by atoms with Crippen molar-refractivity contribution in [3.63, 3.8) is 0 Å². The topological polar surface area (TPSA) is 76.1 Å². The summed E-state index contributed by atoms with van der Waals surface area (Å²) in [6.07, 6.45) is 0. The molecule has 102 valence electrons. The maximum atomic E-state index is 12.0. The van der Waals surface area contributed by atoms with E-state index in [-0.39, 0.29) is 23.6 Å². The van der Waals surface area contributed by atoms with Gasteiger partial charge in [0.15, 0.2) is 5.69 Å². The van der Waals surface area contributed by atoms with Crippen LogP contribution in [0.5, 0.6) is 0 Å². The Labute approximate surface area is 112 Å². The minimum atomic E-state index is -0.326. The minimum Gasteiger partial charge on any atom is -0.390 e. The van der Waals surface area contributed by atoms with Gasteiger partial charge in [-0.05, 0) is 31.9 Å². The first-order valence-corrected chi connectivity index (χ1v) is 6.27. The summed E-state index contributed by atoms with van der Waals surface area (Å²) < 4.78 is 0. The first-order chi connectivity index (χ1) is 8.99. The maximum absolute atomic E-state index is 12.0. The Morgan fingerprint density at radius 3 is 2.63 bits per heavy atom. The highest BCUT2D eigenvalue weighted by atomic mass is 16.7. The predicted octanol–water partition coefficient (Wildman–Crippen LogP) is 1.48. The van der Waals surface area contributed by atoms with Gasteiger partial charge in [0.2, 0.25) is 5.88 Å². The summed E-state index contributed by atoms with van der Waals surface area (Å²) in [4.78, 5) is 17.2. The second-order valence-electron chi connectivity index (χ2n) is 4.91. The number of rotatable bonds is 3. The normalized spacial score (nSPS) is 18.7. The van der Waals surface area contributed by atoms with Gasteiger partial charge in [-0.2, -0.15) is 5.10 Å². The monoisotopic (exact) mass is 262 g/mol. The molecule has 0 fully saturated rings.